The van der Waals surface area contributed by atoms with Crippen molar-refractivity contribution >= 4 is 6.09 Å². The Labute approximate surface area is 77.5 Å². The number of nitrogens with two attached hydrogens (primary N) is 1. The second kappa shape index (κ2) is 4.43. The van der Waals surface area contributed by atoms with E-state index in [9.17, 15) is 4.79 Å². The Kier molecular flexibility index (Phi) is 3.50. The second-order valence-corrected chi connectivity index (χ2v) is 3.35. The molecule has 2 unspecified atom stereocenters. The zero-order valence-electron chi connectivity index (χ0n) is 7.77. The van der Waals surface area contributed by atoms with Gasteiger partial charge in [0.05, 0.1) is 12.6 Å². The van der Waals surface area contributed by atoms with Crippen molar-refractivity contribution in [2.75, 3.05) is 19.8 Å². The minimum absolute atomic E-state index is 0.0444. The molecule has 1 amide bonds. The Bertz CT molecular complexity index is 186. The van der Waals surface area contributed by atoms with Crippen LogP contribution in [-0.4, -0.2) is 47.9 Å². The Morgan fingerprint density at radius 3 is 3.00 bits per heavy atom. The average Bonchev–Trinajstić information content (AvgIpc) is 2.43. The molecular formula is C8H16N2O3. The molecule has 1 heterocycles. The number of hydrogen-bond donors (Lipinski definition) is 2. The lowest BCUT2D eigenvalue weighted by Gasteiger charge is -2.19. The predicted molar refractivity (Wildman–Crippen MR) is 47.2 cm³/mol. The molecule has 1 aliphatic rings. The lowest BCUT2D eigenvalue weighted by molar-refractivity contribution is 0.155. The van der Waals surface area contributed by atoms with Crippen molar-refractivity contribution in [3.05, 3.63) is 0 Å². The normalized spacial score (nSPS) is 24.7. The van der Waals surface area contributed by atoms with Gasteiger partial charge in [0.25, 0.3) is 0 Å². The highest BCUT2D eigenvalue weighted by Gasteiger charge is 2.28. The fraction of sp³-hybridized carbons (Fsp3) is 0.875. The summed E-state index contributed by atoms with van der Waals surface area (Å²) in [5.41, 5.74) is 5.51. The zero-order valence-corrected chi connectivity index (χ0v) is 7.77. The van der Waals surface area contributed by atoms with Gasteiger partial charge in [-0.25, -0.2) is 4.79 Å². The van der Waals surface area contributed by atoms with E-state index in [1.54, 1.807) is 4.90 Å². The van der Waals surface area contributed by atoms with Crippen molar-refractivity contribution in [3.8, 4) is 0 Å². The third kappa shape index (κ3) is 2.57. The topological polar surface area (TPSA) is 75.8 Å². The molecule has 1 fully saturated rings. The lowest BCUT2D eigenvalue weighted by Crippen LogP contribution is -2.36. The van der Waals surface area contributed by atoms with Crippen molar-refractivity contribution in [2.24, 2.45) is 5.73 Å². The molecule has 13 heavy (non-hydrogen) atoms. The summed E-state index contributed by atoms with van der Waals surface area (Å²) in [7, 11) is 0. The van der Waals surface area contributed by atoms with E-state index >= 15 is 0 Å². The summed E-state index contributed by atoms with van der Waals surface area (Å²) in [5, 5.41) is 8.68. The molecule has 1 rings (SSSR count). The molecule has 5 heteroatoms. The fourth-order valence-corrected chi connectivity index (χ4v) is 1.25. The Morgan fingerprint density at radius 1 is 1.85 bits per heavy atom. The van der Waals surface area contributed by atoms with E-state index in [0.717, 1.165) is 0 Å². The molecule has 0 aromatic rings. The van der Waals surface area contributed by atoms with E-state index in [0.29, 0.717) is 19.6 Å². The van der Waals surface area contributed by atoms with Gasteiger partial charge in [0.1, 0.15) is 6.61 Å². The summed E-state index contributed by atoms with van der Waals surface area (Å²) < 4.78 is 4.83. The van der Waals surface area contributed by atoms with E-state index in [1.807, 2.05) is 6.92 Å². The maximum atomic E-state index is 11.1. The number of cyclic esters (lactones) is 1. The van der Waals surface area contributed by atoms with Gasteiger partial charge in [0.15, 0.2) is 0 Å². The summed E-state index contributed by atoms with van der Waals surface area (Å²) in [6.45, 7) is 2.89. The van der Waals surface area contributed by atoms with Gasteiger partial charge in [-0.05, 0) is 13.3 Å². The third-order valence-corrected chi connectivity index (χ3v) is 2.19. The van der Waals surface area contributed by atoms with E-state index in [-0.39, 0.29) is 24.8 Å². The molecule has 0 bridgehead atoms. The van der Waals surface area contributed by atoms with Crippen LogP contribution in [0.2, 0.25) is 0 Å². The summed E-state index contributed by atoms with van der Waals surface area (Å²) >= 11 is 0. The first-order valence-corrected chi connectivity index (χ1v) is 4.45. The highest BCUT2D eigenvalue weighted by atomic mass is 16.6. The number of carbonyl (C=O) groups is 1. The molecule has 0 aromatic carbocycles. The van der Waals surface area contributed by atoms with Gasteiger partial charge in [-0.1, -0.05) is 0 Å². The van der Waals surface area contributed by atoms with Crippen LogP contribution in [-0.2, 0) is 4.74 Å². The van der Waals surface area contributed by atoms with Crippen LogP contribution >= 0.6 is 0 Å². The third-order valence-electron chi connectivity index (χ3n) is 2.19. The summed E-state index contributed by atoms with van der Waals surface area (Å²) in [4.78, 5) is 12.7. The van der Waals surface area contributed by atoms with E-state index in [4.69, 9.17) is 15.6 Å². The first-order valence-electron chi connectivity index (χ1n) is 4.45. The Hall–Kier alpha value is -0.810. The summed E-state index contributed by atoms with van der Waals surface area (Å²) in [6, 6.07) is -0.126. The molecule has 2 atom stereocenters. The van der Waals surface area contributed by atoms with Gasteiger partial charge in [-0.3, -0.25) is 0 Å². The molecule has 0 aliphatic carbocycles. The number of rotatable bonds is 4. The van der Waals surface area contributed by atoms with E-state index < -0.39 is 0 Å². The van der Waals surface area contributed by atoms with Crippen molar-refractivity contribution in [2.45, 2.75) is 25.4 Å². The smallest absolute Gasteiger partial charge is 0.410 e. The van der Waals surface area contributed by atoms with Crippen LogP contribution in [0.25, 0.3) is 0 Å². The first kappa shape index (κ1) is 10.3. The molecule has 0 spiro atoms. The van der Waals surface area contributed by atoms with Crippen LogP contribution in [0.4, 0.5) is 4.79 Å². The molecule has 0 saturated carbocycles. The number of carbonyl (C=O) groups excluding carboxylic acids is 1. The minimum atomic E-state index is -0.280. The van der Waals surface area contributed by atoms with Crippen LogP contribution in [0.3, 0.4) is 0 Å². The van der Waals surface area contributed by atoms with Crippen LogP contribution in [0.1, 0.15) is 13.3 Å². The zero-order chi connectivity index (χ0) is 9.84. The van der Waals surface area contributed by atoms with Crippen LogP contribution in [0.15, 0.2) is 0 Å². The Balaban J connectivity index is 2.31. The molecule has 3 N–H and O–H groups in total. The average molecular weight is 188 g/mol. The van der Waals surface area contributed by atoms with Crippen molar-refractivity contribution in [1.82, 2.24) is 4.90 Å². The number of ether oxygens (including phenoxy) is 1. The van der Waals surface area contributed by atoms with E-state index in [2.05, 4.69) is 0 Å². The molecule has 5 nitrogen and oxygen atoms in total. The van der Waals surface area contributed by atoms with Crippen molar-refractivity contribution < 1.29 is 14.6 Å². The number of aliphatic hydroxyl groups is 1. The molecule has 0 aromatic heterocycles. The summed E-state index contributed by atoms with van der Waals surface area (Å²) in [6.07, 6.45) is 0.327. The molecule has 1 saturated heterocycles. The molecule has 1 aliphatic heterocycles. The number of hydrogen-bond acceptors (Lipinski definition) is 4. The largest absolute Gasteiger partial charge is 0.447 e. The summed E-state index contributed by atoms with van der Waals surface area (Å²) in [5.74, 6) is 0. The van der Waals surface area contributed by atoms with Gasteiger partial charge in [-0.15, -0.1) is 0 Å². The minimum Gasteiger partial charge on any atom is -0.447 e. The standard InChI is InChI=1S/C8H16N2O3/c1-6-5-13-8(12)10(6)3-2-7(9)4-11/h6-7,11H,2-5,9H2,1H3. The lowest BCUT2D eigenvalue weighted by atomic mass is 10.2. The van der Waals surface area contributed by atoms with Gasteiger partial charge in [0, 0.05) is 12.6 Å². The predicted octanol–water partition coefficient (Wildman–Crippen LogP) is -0.463. The van der Waals surface area contributed by atoms with Gasteiger partial charge in [0.2, 0.25) is 0 Å². The van der Waals surface area contributed by atoms with Crippen LogP contribution < -0.4 is 5.73 Å². The number of aliphatic hydroxyl groups excluding tert-OH is 1. The monoisotopic (exact) mass is 188 g/mol. The number of nitrogens with zero attached hydrogens (tertiary/aromatic N) is 1. The van der Waals surface area contributed by atoms with Gasteiger partial charge >= 0.3 is 6.09 Å². The fourth-order valence-electron chi connectivity index (χ4n) is 1.25. The number of amides is 1. The quantitative estimate of drug-likeness (QED) is 0.625. The van der Waals surface area contributed by atoms with E-state index in [1.165, 1.54) is 0 Å². The molecule has 0 radical (unpaired) electrons. The van der Waals surface area contributed by atoms with Crippen LogP contribution in [0.5, 0.6) is 0 Å². The van der Waals surface area contributed by atoms with Crippen molar-refractivity contribution in [3.63, 3.8) is 0 Å². The maximum absolute atomic E-state index is 11.1. The van der Waals surface area contributed by atoms with Crippen molar-refractivity contribution in [1.29, 1.82) is 0 Å². The Morgan fingerprint density at radius 2 is 2.54 bits per heavy atom. The first-order chi connectivity index (χ1) is 6.15. The van der Waals surface area contributed by atoms with Crippen LogP contribution in [0, 0.1) is 0 Å². The molecular weight excluding hydrogens is 172 g/mol. The maximum Gasteiger partial charge on any atom is 0.410 e. The SMILES string of the molecule is CC1COC(=O)N1CCC(N)CO. The molecule has 76 valence electrons. The highest BCUT2D eigenvalue weighted by Crippen LogP contribution is 2.11. The van der Waals surface area contributed by atoms with Gasteiger partial charge in [-0.2, -0.15) is 0 Å². The van der Waals surface area contributed by atoms with Gasteiger partial charge < -0.3 is 20.5 Å². The second-order valence-electron chi connectivity index (χ2n) is 3.35. The highest BCUT2D eigenvalue weighted by molar-refractivity contribution is 5.69.